The zero-order valence-electron chi connectivity index (χ0n) is 17.1. The third-order valence-electron chi connectivity index (χ3n) is 5.45. The highest BCUT2D eigenvalue weighted by molar-refractivity contribution is 5.80. The Morgan fingerprint density at radius 1 is 1.17 bits per heavy atom. The summed E-state index contributed by atoms with van der Waals surface area (Å²) >= 11 is 0. The van der Waals surface area contributed by atoms with E-state index in [4.69, 9.17) is 5.73 Å². The molecule has 2 aromatic rings. The maximum atomic E-state index is 13.3. The third kappa shape index (κ3) is 5.64. The Bertz CT molecular complexity index is 825. The average molecular weight is 395 g/mol. The topological polar surface area (TPSA) is 79.5 Å². The highest BCUT2D eigenvalue weighted by Crippen LogP contribution is 2.26. The maximum Gasteiger partial charge on any atom is 0.227 e. The van der Waals surface area contributed by atoms with Crippen LogP contribution in [0.15, 0.2) is 48.8 Å². The molecular formula is C23H30N4O2. The lowest BCUT2D eigenvalue weighted by Gasteiger charge is -2.24. The van der Waals surface area contributed by atoms with Crippen LogP contribution >= 0.6 is 0 Å². The highest BCUT2D eigenvalue weighted by atomic mass is 16.2. The normalized spacial score (nSPS) is 17.9. The van der Waals surface area contributed by atoms with E-state index in [2.05, 4.69) is 28.9 Å². The number of benzene rings is 1. The predicted octanol–water partition coefficient (Wildman–Crippen LogP) is 2.34. The molecule has 29 heavy (non-hydrogen) atoms. The summed E-state index contributed by atoms with van der Waals surface area (Å²) in [6.45, 7) is 5.59. The molecule has 1 fully saturated rings. The van der Waals surface area contributed by atoms with Crippen LogP contribution in [0.3, 0.4) is 0 Å². The van der Waals surface area contributed by atoms with Gasteiger partial charge in [0, 0.05) is 57.1 Å². The first-order valence-corrected chi connectivity index (χ1v) is 10.4. The summed E-state index contributed by atoms with van der Waals surface area (Å²) < 4.78 is 0. The van der Waals surface area contributed by atoms with Crippen molar-refractivity contribution in [3.05, 3.63) is 54.4 Å². The van der Waals surface area contributed by atoms with Gasteiger partial charge in [0.25, 0.3) is 0 Å². The Morgan fingerprint density at radius 3 is 2.72 bits per heavy atom. The van der Waals surface area contributed by atoms with E-state index in [1.807, 2.05) is 35.4 Å². The molecule has 6 nitrogen and oxygen atoms in total. The largest absolute Gasteiger partial charge is 0.370 e. The van der Waals surface area contributed by atoms with Crippen LogP contribution in [0.4, 0.5) is 0 Å². The van der Waals surface area contributed by atoms with Crippen LogP contribution in [-0.2, 0) is 16.0 Å². The molecule has 2 heterocycles. The van der Waals surface area contributed by atoms with E-state index in [0.29, 0.717) is 32.5 Å². The van der Waals surface area contributed by atoms with Crippen LogP contribution in [0.2, 0.25) is 0 Å². The zero-order valence-corrected chi connectivity index (χ0v) is 17.1. The number of hydrogen-bond donors (Lipinski definition) is 1. The molecule has 0 saturated carbocycles. The summed E-state index contributed by atoms with van der Waals surface area (Å²) in [5.74, 6) is -0.242. The van der Waals surface area contributed by atoms with Gasteiger partial charge in [-0.1, -0.05) is 37.3 Å². The summed E-state index contributed by atoms with van der Waals surface area (Å²) in [6, 6.07) is 12.2. The molecule has 0 bridgehead atoms. The predicted molar refractivity (Wildman–Crippen MR) is 114 cm³/mol. The van der Waals surface area contributed by atoms with Crippen LogP contribution in [-0.4, -0.2) is 59.3 Å². The second kappa shape index (κ2) is 10.2. The van der Waals surface area contributed by atoms with E-state index >= 15 is 0 Å². The number of amides is 2. The molecule has 1 aliphatic rings. The molecule has 6 heteroatoms. The van der Waals surface area contributed by atoms with Gasteiger partial charge in [0.2, 0.25) is 11.8 Å². The van der Waals surface area contributed by atoms with Gasteiger partial charge in [0.1, 0.15) is 0 Å². The van der Waals surface area contributed by atoms with Crippen LogP contribution in [0.25, 0.3) is 11.1 Å². The second-order valence-corrected chi connectivity index (χ2v) is 7.64. The average Bonchev–Trinajstić information content (AvgIpc) is 2.87. The number of aromatic nitrogens is 1. The number of primary amides is 1. The van der Waals surface area contributed by atoms with Crippen LogP contribution in [0, 0.1) is 5.92 Å². The van der Waals surface area contributed by atoms with Crippen molar-refractivity contribution in [1.82, 2.24) is 14.8 Å². The maximum absolute atomic E-state index is 13.3. The minimum atomic E-state index is -0.301. The van der Waals surface area contributed by atoms with E-state index in [1.54, 1.807) is 6.20 Å². The van der Waals surface area contributed by atoms with Crippen LogP contribution in [0.5, 0.6) is 0 Å². The van der Waals surface area contributed by atoms with Crippen LogP contribution in [0.1, 0.15) is 25.3 Å². The summed E-state index contributed by atoms with van der Waals surface area (Å²) in [6.07, 6.45) is 5.54. The first-order chi connectivity index (χ1) is 14.1. The van der Waals surface area contributed by atoms with Gasteiger partial charge in [-0.2, -0.15) is 0 Å². The number of pyridine rings is 1. The molecule has 1 aromatic heterocycles. The number of nitrogens with two attached hydrogens (primary N) is 1. The molecule has 1 aromatic carbocycles. The first-order valence-electron chi connectivity index (χ1n) is 10.4. The molecular weight excluding hydrogens is 364 g/mol. The third-order valence-corrected chi connectivity index (χ3v) is 5.45. The van der Waals surface area contributed by atoms with Crippen molar-refractivity contribution in [2.45, 2.75) is 26.2 Å². The summed E-state index contributed by atoms with van der Waals surface area (Å²) in [5.41, 5.74) is 8.66. The van der Waals surface area contributed by atoms with Crippen molar-refractivity contribution in [1.29, 1.82) is 0 Å². The molecule has 0 unspecified atom stereocenters. The molecule has 0 aliphatic carbocycles. The second-order valence-electron chi connectivity index (χ2n) is 7.64. The van der Waals surface area contributed by atoms with Crippen molar-refractivity contribution in [3.63, 3.8) is 0 Å². The van der Waals surface area contributed by atoms with Gasteiger partial charge in [-0.05, 0) is 30.0 Å². The van der Waals surface area contributed by atoms with Crippen molar-refractivity contribution in [3.8, 4) is 11.1 Å². The van der Waals surface area contributed by atoms with Crippen molar-refractivity contribution < 1.29 is 9.59 Å². The Labute approximate surface area is 172 Å². The molecule has 2 amide bonds. The lowest BCUT2D eigenvalue weighted by molar-refractivity contribution is -0.134. The van der Waals surface area contributed by atoms with E-state index in [9.17, 15) is 9.59 Å². The van der Waals surface area contributed by atoms with Gasteiger partial charge in [-0.3, -0.25) is 14.6 Å². The Kier molecular flexibility index (Phi) is 7.36. The highest BCUT2D eigenvalue weighted by Gasteiger charge is 2.30. The molecule has 3 rings (SSSR count). The lowest BCUT2D eigenvalue weighted by Crippen LogP contribution is -2.38. The number of carbonyl (C=O) groups is 2. The van der Waals surface area contributed by atoms with Crippen molar-refractivity contribution >= 4 is 11.8 Å². The number of hydrogen-bond acceptors (Lipinski definition) is 4. The molecule has 1 saturated heterocycles. The molecule has 0 radical (unpaired) electrons. The van der Waals surface area contributed by atoms with Crippen LogP contribution < -0.4 is 5.73 Å². The van der Waals surface area contributed by atoms with Crippen molar-refractivity contribution in [2.75, 3.05) is 32.7 Å². The number of rotatable bonds is 8. The molecule has 1 aliphatic heterocycles. The minimum Gasteiger partial charge on any atom is -0.370 e. The van der Waals surface area contributed by atoms with E-state index in [1.165, 1.54) is 0 Å². The number of carbonyl (C=O) groups excluding carboxylic acids is 2. The Morgan fingerprint density at radius 2 is 2.00 bits per heavy atom. The Balaban J connectivity index is 1.84. The smallest absolute Gasteiger partial charge is 0.227 e. The summed E-state index contributed by atoms with van der Waals surface area (Å²) in [7, 11) is 0. The molecule has 154 valence electrons. The quantitative estimate of drug-likeness (QED) is 0.745. The molecule has 0 spiro atoms. The van der Waals surface area contributed by atoms with E-state index in [0.717, 1.165) is 36.2 Å². The summed E-state index contributed by atoms with van der Waals surface area (Å²) in [5, 5.41) is 0. The standard InChI is InChI=1S/C23H30N4O2/c1-2-11-27-14-13-26(12-9-22(24)28)17-20(23(27)29)15-18-6-3-4-8-21(18)19-7-5-10-25-16-19/h3-8,10,16,20H,2,9,11-15,17H2,1H3,(H2,24,28)/t20-/m0/s1. The fourth-order valence-corrected chi connectivity index (χ4v) is 3.99. The molecule has 1 atom stereocenters. The van der Waals surface area contributed by atoms with Gasteiger partial charge >= 0.3 is 0 Å². The zero-order chi connectivity index (χ0) is 20.6. The van der Waals surface area contributed by atoms with Gasteiger partial charge in [0.15, 0.2) is 0 Å². The van der Waals surface area contributed by atoms with Crippen molar-refractivity contribution in [2.24, 2.45) is 11.7 Å². The van der Waals surface area contributed by atoms with Gasteiger partial charge in [-0.25, -0.2) is 0 Å². The van der Waals surface area contributed by atoms with E-state index < -0.39 is 0 Å². The SMILES string of the molecule is CCCN1CCN(CCC(N)=O)C[C@H](Cc2ccccc2-c2cccnc2)C1=O. The van der Waals surface area contributed by atoms with Gasteiger partial charge in [-0.15, -0.1) is 0 Å². The molecule has 2 N–H and O–H groups in total. The minimum absolute atomic E-state index is 0.144. The van der Waals surface area contributed by atoms with E-state index in [-0.39, 0.29) is 17.7 Å². The van der Waals surface area contributed by atoms with Gasteiger partial charge < -0.3 is 15.5 Å². The van der Waals surface area contributed by atoms with Gasteiger partial charge in [0.05, 0.1) is 5.92 Å². The lowest BCUT2D eigenvalue weighted by atomic mass is 9.91. The number of nitrogens with zero attached hydrogens (tertiary/aromatic N) is 3. The summed E-state index contributed by atoms with van der Waals surface area (Å²) in [4.78, 5) is 32.9. The fraction of sp³-hybridized carbons (Fsp3) is 0.435. The fourth-order valence-electron chi connectivity index (χ4n) is 3.99. The monoisotopic (exact) mass is 394 g/mol. The Hall–Kier alpha value is -2.73. The first kappa shape index (κ1) is 21.0.